The third-order valence-corrected chi connectivity index (χ3v) is 4.61. The van der Waals surface area contributed by atoms with Crippen LogP contribution >= 0.6 is 11.8 Å². The molecule has 1 atom stereocenters. The number of thioether (sulfide) groups is 1. The van der Waals surface area contributed by atoms with Gasteiger partial charge in [0.15, 0.2) is 5.16 Å². The summed E-state index contributed by atoms with van der Waals surface area (Å²) in [7, 11) is 1.92. The summed E-state index contributed by atoms with van der Waals surface area (Å²) in [6.45, 7) is 2.62. The maximum Gasteiger partial charge on any atom is 0.325 e. The maximum absolute atomic E-state index is 11.6. The molecule has 1 aliphatic carbocycles. The van der Waals surface area contributed by atoms with E-state index in [-0.39, 0.29) is 5.92 Å². The van der Waals surface area contributed by atoms with Gasteiger partial charge in [0.2, 0.25) is 0 Å². The topological polar surface area (TPSA) is 67.2 Å². The number of nitrogens with one attached hydrogen (secondary N) is 1. The number of hydrogen-bond donors (Lipinski definition) is 2. The fraction of sp³-hybridized carbons (Fsp3) is 0.667. The number of nitrogens with zero attached hydrogens (tertiary/aromatic N) is 2. The van der Waals surface area contributed by atoms with E-state index in [0.29, 0.717) is 12.3 Å². The minimum atomic E-state index is -0.800. The van der Waals surface area contributed by atoms with E-state index in [1.165, 1.54) is 11.8 Å². The number of aryl methyl sites for hydroxylation is 1. The van der Waals surface area contributed by atoms with Gasteiger partial charge in [-0.1, -0.05) is 18.7 Å². The van der Waals surface area contributed by atoms with E-state index in [1.807, 2.05) is 24.7 Å². The van der Waals surface area contributed by atoms with Gasteiger partial charge in [-0.25, -0.2) is 4.98 Å². The molecule has 18 heavy (non-hydrogen) atoms. The Labute approximate surface area is 111 Å². The van der Waals surface area contributed by atoms with E-state index < -0.39 is 11.5 Å². The normalized spacial score (nSPS) is 18.6. The number of likely N-dealkylation sites (N-methyl/N-ethyl adjacent to an activating group) is 1. The van der Waals surface area contributed by atoms with Crippen molar-refractivity contribution in [3.8, 4) is 0 Å². The molecule has 6 heteroatoms. The van der Waals surface area contributed by atoms with Crippen molar-refractivity contribution in [2.75, 3.05) is 12.3 Å². The number of imidazole rings is 1. The lowest BCUT2D eigenvalue weighted by atomic mass is 9.96. The predicted molar refractivity (Wildman–Crippen MR) is 70.7 cm³/mol. The second kappa shape index (κ2) is 5.32. The van der Waals surface area contributed by atoms with E-state index >= 15 is 0 Å². The molecule has 1 unspecified atom stereocenters. The van der Waals surface area contributed by atoms with Crippen molar-refractivity contribution in [2.45, 2.75) is 30.5 Å². The van der Waals surface area contributed by atoms with Crippen molar-refractivity contribution in [3.05, 3.63) is 12.4 Å². The summed E-state index contributed by atoms with van der Waals surface area (Å²) >= 11 is 1.51. The summed E-state index contributed by atoms with van der Waals surface area (Å²) in [4.78, 5) is 15.9. The Morgan fingerprint density at radius 2 is 2.44 bits per heavy atom. The molecule has 0 aliphatic heterocycles. The molecule has 0 radical (unpaired) electrons. The van der Waals surface area contributed by atoms with E-state index in [2.05, 4.69) is 10.3 Å². The summed E-state index contributed by atoms with van der Waals surface area (Å²) in [5.74, 6) is 0.0300. The van der Waals surface area contributed by atoms with Crippen molar-refractivity contribution in [3.63, 3.8) is 0 Å². The first-order chi connectivity index (χ1) is 8.60. The average Bonchev–Trinajstić information content (AvgIpc) is 3.09. The average molecular weight is 269 g/mol. The van der Waals surface area contributed by atoms with Crippen molar-refractivity contribution in [1.82, 2.24) is 14.9 Å². The van der Waals surface area contributed by atoms with E-state index in [9.17, 15) is 9.90 Å². The Morgan fingerprint density at radius 3 is 2.89 bits per heavy atom. The van der Waals surface area contributed by atoms with Crippen LogP contribution in [-0.4, -0.2) is 38.5 Å². The molecular formula is C12H19N3O2S. The molecule has 1 aromatic rings. The highest BCUT2D eigenvalue weighted by Gasteiger charge is 2.50. The lowest BCUT2D eigenvalue weighted by Gasteiger charge is -2.29. The number of aromatic nitrogens is 2. The van der Waals surface area contributed by atoms with Gasteiger partial charge in [-0.2, -0.15) is 0 Å². The van der Waals surface area contributed by atoms with Crippen LogP contribution in [-0.2, 0) is 11.8 Å². The Bertz CT molecular complexity index is 431. The van der Waals surface area contributed by atoms with Gasteiger partial charge in [0.25, 0.3) is 0 Å². The zero-order valence-electron chi connectivity index (χ0n) is 10.7. The summed E-state index contributed by atoms with van der Waals surface area (Å²) in [5, 5.41) is 13.6. The first-order valence-electron chi connectivity index (χ1n) is 6.18. The minimum absolute atomic E-state index is 0.253. The molecular weight excluding hydrogens is 250 g/mol. The molecule has 0 aromatic carbocycles. The SMILES string of the molecule is CCNC(CSc1nccn1C)(C(=O)O)C1CC1. The maximum atomic E-state index is 11.6. The highest BCUT2D eigenvalue weighted by atomic mass is 32.2. The summed E-state index contributed by atoms with van der Waals surface area (Å²) < 4.78 is 1.91. The standard InChI is InChI=1S/C12H19N3O2S/c1-3-14-12(10(16)17,9-4-5-9)8-18-11-13-6-7-15(11)2/h6-7,9,14H,3-5,8H2,1-2H3,(H,16,17). The van der Waals surface area contributed by atoms with E-state index in [4.69, 9.17) is 0 Å². The number of aliphatic carboxylic acids is 1. The number of carboxylic acid groups (broad SMARTS) is 1. The second-order valence-corrected chi connectivity index (χ2v) is 5.63. The monoisotopic (exact) mass is 269 g/mol. The predicted octanol–water partition coefficient (Wildman–Crippen LogP) is 1.36. The van der Waals surface area contributed by atoms with Crippen molar-refractivity contribution < 1.29 is 9.90 Å². The summed E-state index contributed by atoms with van der Waals surface area (Å²) in [6, 6.07) is 0. The van der Waals surface area contributed by atoms with Gasteiger partial charge in [-0.15, -0.1) is 0 Å². The van der Waals surface area contributed by atoms with Gasteiger partial charge >= 0.3 is 5.97 Å². The zero-order chi connectivity index (χ0) is 13.2. The lowest BCUT2D eigenvalue weighted by molar-refractivity contribution is -0.144. The molecule has 5 nitrogen and oxygen atoms in total. The molecule has 100 valence electrons. The first kappa shape index (κ1) is 13.4. The summed E-state index contributed by atoms with van der Waals surface area (Å²) in [6.07, 6.45) is 5.60. The molecule has 1 aromatic heterocycles. The number of carboxylic acids is 1. The molecule has 1 saturated carbocycles. The fourth-order valence-electron chi connectivity index (χ4n) is 2.19. The van der Waals surface area contributed by atoms with Gasteiger partial charge in [-0.3, -0.25) is 4.79 Å². The molecule has 0 amide bonds. The Morgan fingerprint density at radius 1 is 1.72 bits per heavy atom. The molecule has 0 saturated heterocycles. The van der Waals surface area contributed by atoms with Crippen molar-refractivity contribution >= 4 is 17.7 Å². The molecule has 2 rings (SSSR count). The third-order valence-electron chi connectivity index (χ3n) is 3.35. The molecule has 1 aliphatic rings. The molecule has 0 spiro atoms. The summed E-state index contributed by atoms with van der Waals surface area (Å²) in [5.41, 5.74) is -0.800. The number of rotatable bonds is 7. The van der Waals surface area contributed by atoms with Crippen LogP contribution in [0.4, 0.5) is 0 Å². The third kappa shape index (κ3) is 2.54. The van der Waals surface area contributed by atoms with Gasteiger partial charge in [-0.05, 0) is 25.3 Å². The Balaban J connectivity index is 2.10. The van der Waals surface area contributed by atoms with Crippen LogP contribution in [0.25, 0.3) is 0 Å². The lowest BCUT2D eigenvalue weighted by Crippen LogP contribution is -2.56. The van der Waals surface area contributed by atoms with Crippen LogP contribution in [0.1, 0.15) is 19.8 Å². The molecule has 2 N–H and O–H groups in total. The van der Waals surface area contributed by atoms with Crippen LogP contribution in [0.5, 0.6) is 0 Å². The van der Waals surface area contributed by atoms with Gasteiger partial charge < -0.3 is 15.0 Å². The highest BCUT2D eigenvalue weighted by molar-refractivity contribution is 7.99. The van der Waals surface area contributed by atoms with Gasteiger partial charge in [0.1, 0.15) is 5.54 Å². The van der Waals surface area contributed by atoms with Crippen molar-refractivity contribution in [2.24, 2.45) is 13.0 Å². The van der Waals surface area contributed by atoms with Crippen LogP contribution in [0.2, 0.25) is 0 Å². The Hall–Kier alpha value is -1.01. The van der Waals surface area contributed by atoms with Crippen LogP contribution < -0.4 is 5.32 Å². The molecule has 1 heterocycles. The second-order valence-electron chi connectivity index (χ2n) is 4.69. The smallest absolute Gasteiger partial charge is 0.325 e. The molecule has 1 fully saturated rings. The molecule has 0 bridgehead atoms. The van der Waals surface area contributed by atoms with Crippen molar-refractivity contribution in [1.29, 1.82) is 0 Å². The van der Waals surface area contributed by atoms with E-state index in [1.54, 1.807) is 6.20 Å². The number of carbonyl (C=O) groups is 1. The largest absolute Gasteiger partial charge is 0.480 e. The van der Waals surface area contributed by atoms with Crippen LogP contribution in [0.15, 0.2) is 17.6 Å². The fourth-order valence-corrected chi connectivity index (χ4v) is 3.40. The van der Waals surface area contributed by atoms with E-state index in [0.717, 1.165) is 18.0 Å². The quantitative estimate of drug-likeness (QED) is 0.732. The first-order valence-corrected chi connectivity index (χ1v) is 7.17. The van der Waals surface area contributed by atoms with Crippen LogP contribution in [0.3, 0.4) is 0 Å². The van der Waals surface area contributed by atoms with Crippen LogP contribution in [0, 0.1) is 5.92 Å². The highest BCUT2D eigenvalue weighted by Crippen LogP contribution is 2.42. The minimum Gasteiger partial charge on any atom is -0.480 e. The van der Waals surface area contributed by atoms with Gasteiger partial charge in [0, 0.05) is 25.2 Å². The van der Waals surface area contributed by atoms with Gasteiger partial charge in [0.05, 0.1) is 0 Å². The Kier molecular flexibility index (Phi) is 3.97. The zero-order valence-corrected chi connectivity index (χ0v) is 11.5. The number of hydrogen-bond acceptors (Lipinski definition) is 4.